The van der Waals surface area contributed by atoms with Crippen molar-refractivity contribution in [1.82, 2.24) is 15.5 Å². The van der Waals surface area contributed by atoms with Crippen LogP contribution in [0.2, 0.25) is 0 Å². The first-order valence-electron chi connectivity index (χ1n) is 10.1. The molecule has 3 rings (SSSR count). The first-order chi connectivity index (χ1) is 15.6. The summed E-state index contributed by atoms with van der Waals surface area (Å²) in [5, 5.41) is 13.7. The van der Waals surface area contributed by atoms with Gasteiger partial charge in [-0.3, -0.25) is 0 Å². The van der Waals surface area contributed by atoms with E-state index in [-0.39, 0.29) is 12.6 Å². The molecule has 32 heavy (non-hydrogen) atoms. The number of nitrogens with zero attached hydrogens (tertiary/aromatic N) is 2. The van der Waals surface area contributed by atoms with Crippen LogP contribution < -0.4 is 29.6 Å². The van der Waals surface area contributed by atoms with E-state index in [9.17, 15) is 4.79 Å². The van der Waals surface area contributed by atoms with Gasteiger partial charge in [-0.15, -0.1) is 10.2 Å². The van der Waals surface area contributed by atoms with Crippen LogP contribution in [0, 0.1) is 0 Å². The van der Waals surface area contributed by atoms with Gasteiger partial charge in [-0.2, -0.15) is 0 Å². The van der Waals surface area contributed by atoms with E-state index in [1.54, 1.807) is 31.4 Å². The van der Waals surface area contributed by atoms with Gasteiger partial charge in [0.25, 0.3) is 0 Å². The van der Waals surface area contributed by atoms with Gasteiger partial charge in [0.15, 0.2) is 11.5 Å². The van der Waals surface area contributed by atoms with Gasteiger partial charge < -0.3 is 29.6 Å². The number of carbonyl (C=O) groups excluding carboxylic acids is 1. The first-order valence-corrected chi connectivity index (χ1v) is 10.1. The third kappa shape index (κ3) is 6.24. The molecule has 0 radical (unpaired) electrons. The third-order valence-electron chi connectivity index (χ3n) is 4.38. The van der Waals surface area contributed by atoms with E-state index in [1.165, 1.54) is 7.11 Å². The van der Waals surface area contributed by atoms with Crippen molar-refractivity contribution >= 4 is 11.7 Å². The average Bonchev–Trinajstić information content (AvgIpc) is 2.83. The summed E-state index contributed by atoms with van der Waals surface area (Å²) >= 11 is 0. The highest BCUT2D eigenvalue weighted by molar-refractivity contribution is 5.89. The maximum atomic E-state index is 12.1. The first kappa shape index (κ1) is 22.7. The predicted molar refractivity (Wildman–Crippen MR) is 121 cm³/mol. The Morgan fingerprint density at radius 3 is 2.34 bits per heavy atom. The van der Waals surface area contributed by atoms with E-state index in [2.05, 4.69) is 20.8 Å². The van der Waals surface area contributed by atoms with Crippen molar-refractivity contribution in [1.29, 1.82) is 0 Å². The van der Waals surface area contributed by atoms with E-state index < -0.39 is 0 Å². The monoisotopic (exact) mass is 438 g/mol. The minimum absolute atomic E-state index is 0.246. The Balaban J connectivity index is 1.43. The summed E-state index contributed by atoms with van der Waals surface area (Å²) in [7, 11) is 3.09. The second-order valence-corrected chi connectivity index (χ2v) is 6.51. The Kier molecular flexibility index (Phi) is 8.08. The van der Waals surface area contributed by atoms with E-state index >= 15 is 0 Å². The molecule has 0 atom stereocenters. The molecule has 9 nitrogen and oxygen atoms in total. The SMILES string of the molecule is CCOc1ccc(-c2ccc(OCCNC(=O)Nc3ccc(OC)c(OC)c3)nn2)cc1. The quantitative estimate of drug-likeness (QED) is 0.465. The molecule has 2 aromatic carbocycles. The molecule has 0 aliphatic carbocycles. The number of aromatic nitrogens is 2. The zero-order valence-electron chi connectivity index (χ0n) is 18.3. The summed E-state index contributed by atoms with van der Waals surface area (Å²) in [5.74, 6) is 2.30. The van der Waals surface area contributed by atoms with Crippen molar-refractivity contribution in [3.63, 3.8) is 0 Å². The summed E-state index contributed by atoms with van der Waals surface area (Å²) in [6.07, 6.45) is 0. The predicted octanol–water partition coefficient (Wildman–Crippen LogP) is 3.76. The molecule has 0 saturated heterocycles. The van der Waals surface area contributed by atoms with E-state index in [0.29, 0.717) is 36.2 Å². The molecule has 0 aliphatic rings. The Bertz CT molecular complexity index is 1010. The van der Waals surface area contributed by atoms with Crippen molar-refractivity contribution in [3.05, 3.63) is 54.6 Å². The van der Waals surface area contributed by atoms with Gasteiger partial charge in [-0.1, -0.05) is 0 Å². The largest absolute Gasteiger partial charge is 0.494 e. The summed E-state index contributed by atoms with van der Waals surface area (Å²) in [5.41, 5.74) is 2.24. The molecule has 0 unspecified atom stereocenters. The van der Waals surface area contributed by atoms with Crippen molar-refractivity contribution in [2.45, 2.75) is 6.92 Å². The molecule has 0 fully saturated rings. The van der Waals surface area contributed by atoms with Gasteiger partial charge in [0.2, 0.25) is 5.88 Å². The Hall–Kier alpha value is -4.01. The van der Waals surface area contributed by atoms with Crippen LogP contribution in [0.25, 0.3) is 11.3 Å². The number of carbonyl (C=O) groups is 1. The number of benzene rings is 2. The maximum Gasteiger partial charge on any atom is 0.319 e. The number of urea groups is 1. The van der Waals surface area contributed by atoms with E-state index in [1.807, 2.05) is 37.3 Å². The van der Waals surface area contributed by atoms with Crippen molar-refractivity contribution in [2.75, 3.05) is 39.3 Å². The molecular weight excluding hydrogens is 412 g/mol. The number of rotatable bonds is 10. The highest BCUT2D eigenvalue weighted by atomic mass is 16.5. The fourth-order valence-corrected chi connectivity index (χ4v) is 2.85. The van der Waals surface area contributed by atoms with Crippen LogP contribution in [0.5, 0.6) is 23.1 Å². The highest BCUT2D eigenvalue weighted by Crippen LogP contribution is 2.29. The van der Waals surface area contributed by atoms with Crippen LogP contribution in [0.1, 0.15) is 6.92 Å². The van der Waals surface area contributed by atoms with Crippen molar-refractivity contribution in [2.24, 2.45) is 0 Å². The standard InChI is InChI=1S/C23H26N4O5/c1-4-31-18-8-5-16(6-9-18)19-10-12-22(27-26-19)32-14-13-24-23(28)25-17-7-11-20(29-2)21(15-17)30-3/h5-12,15H,4,13-14H2,1-3H3,(H2,24,25,28). The topological polar surface area (TPSA) is 104 Å². The maximum absolute atomic E-state index is 12.1. The fourth-order valence-electron chi connectivity index (χ4n) is 2.85. The molecule has 168 valence electrons. The Morgan fingerprint density at radius 1 is 0.906 bits per heavy atom. The highest BCUT2D eigenvalue weighted by Gasteiger charge is 2.07. The van der Waals surface area contributed by atoms with Crippen molar-refractivity contribution < 1.29 is 23.7 Å². The smallest absolute Gasteiger partial charge is 0.319 e. The molecule has 1 aromatic heterocycles. The van der Waals surface area contributed by atoms with Crippen LogP contribution in [0.15, 0.2) is 54.6 Å². The number of ether oxygens (including phenoxy) is 4. The lowest BCUT2D eigenvalue weighted by Gasteiger charge is -2.11. The van der Waals surface area contributed by atoms with E-state index in [4.69, 9.17) is 18.9 Å². The molecule has 0 bridgehead atoms. The number of methoxy groups -OCH3 is 2. The molecular formula is C23H26N4O5. The van der Waals surface area contributed by atoms with Crippen molar-refractivity contribution in [3.8, 4) is 34.4 Å². The number of anilines is 1. The Morgan fingerprint density at radius 2 is 1.69 bits per heavy atom. The molecule has 2 amide bonds. The minimum Gasteiger partial charge on any atom is -0.494 e. The summed E-state index contributed by atoms with van der Waals surface area (Å²) in [6.45, 7) is 3.11. The number of amides is 2. The summed E-state index contributed by atoms with van der Waals surface area (Å²) in [6, 6.07) is 16.0. The molecule has 0 saturated carbocycles. The lowest BCUT2D eigenvalue weighted by Crippen LogP contribution is -2.32. The van der Waals surface area contributed by atoms with Gasteiger partial charge in [-0.25, -0.2) is 4.79 Å². The van der Waals surface area contributed by atoms with Crippen LogP contribution in [-0.4, -0.2) is 50.2 Å². The van der Waals surface area contributed by atoms with Gasteiger partial charge >= 0.3 is 6.03 Å². The minimum atomic E-state index is -0.363. The molecule has 1 heterocycles. The van der Waals surface area contributed by atoms with Gasteiger partial charge in [0.1, 0.15) is 12.4 Å². The van der Waals surface area contributed by atoms with Gasteiger partial charge in [0, 0.05) is 23.4 Å². The summed E-state index contributed by atoms with van der Waals surface area (Å²) in [4.78, 5) is 12.1. The van der Waals surface area contributed by atoms with Gasteiger partial charge in [0.05, 0.1) is 33.1 Å². The number of hydrogen-bond acceptors (Lipinski definition) is 7. The van der Waals surface area contributed by atoms with Crippen LogP contribution >= 0.6 is 0 Å². The second-order valence-electron chi connectivity index (χ2n) is 6.51. The molecule has 0 aliphatic heterocycles. The van der Waals surface area contributed by atoms with E-state index in [0.717, 1.165) is 17.0 Å². The number of nitrogens with one attached hydrogen (secondary N) is 2. The normalized spacial score (nSPS) is 10.2. The van der Waals surface area contributed by atoms with Crippen LogP contribution in [-0.2, 0) is 0 Å². The average molecular weight is 438 g/mol. The van der Waals surface area contributed by atoms with Crippen LogP contribution in [0.3, 0.4) is 0 Å². The zero-order chi connectivity index (χ0) is 22.8. The molecule has 0 spiro atoms. The second kappa shape index (κ2) is 11.4. The van der Waals surface area contributed by atoms with Crippen LogP contribution in [0.4, 0.5) is 10.5 Å². The Labute approximate surface area is 186 Å². The molecule has 3 aromatic rings. The lowest BCUT2D eigenvalue weighted by atomic mass is 10.1. The molecule has 9 heteroatoms. The zero-order valence-corrected chi connectivity index (χ0v) is 18.3. The molecule has 2 N–H and O–H groups in total. The fraction of sp³-hybridized carbons (Fsp3) is 0.261. The summed E-state index contributed by atoms with van der Waals surface area (Å²) < 4.78 is 21.4. The number of hydrogen-bond donors (Lipinski definition) is 2. The third-order valence-corrected chi connectivity index (χ3v) is 4.38. The van der Waals surface area contributed by atoms with Gasteiger partial charge in [-0.05, 0) is 49.4 Å². The lowest BCUT2D eigenvalue weighted by molar-refractivity contribution is 0.246.